The molecule has 1 amide bonds. The van der Waals surface area contributed by atoms with E-state index in [4.69, 9.17) is 9.15 Å². The first-order valence-corrected chi connectivity index (χ1v) is 13.7. The normalized spacial score (nSPS) is 22.3. The zero-order chi connectivity index (χ0) is 24.1. The SMILES string of the molecule is CCOC(=O)N1CCC(n2c(=CC=CC3=[N+](C)CCS3)oc(=O)c2=CC=C2SCCN2C)CC1. The molecule has 3 aliphatic heterocycles. The average molecular weight is 506 g/mol. The van der Waals surface area contributed by atoms with Crippen LogP contribution in [0.3, 0.4) is 0 Å². The summed E-state index contributed by atoms with van der Waals surface area (Å²) in [4.78, 5) is 29.0. The molecule has 184 valence electrons. The number of hydrogen-bond donors (Lipinski definition) is 0. The summed E-state index contributed by atoms with van der Waals surface area (Å²) >= 11 is 3.61. The number of carbonyl (C=O) groups is 1. The van der Waals surface area contributed by atoms with Gasteiger partial charge in [-0.05, 0) is 44.1 Å². The fraction of sp³-hybridized carbons (Fsp3) is 0.542. The van der Waals surface area contributed by atoms with Crippen LogP contribution in [0.2, 0.25) is 0 Å². The van der Waals surface area contributed by atoms with Gasteiger partial charge in [0.15, 0.2) is 6.54 Å². The minimum Gasteiger partial charge on any atom is -0.450 e. The van der Waals surface area contributed by atoms with Crippen molar-refractivity contribution in [2.45, 2.75) is 25.8 Å². The van der Waals surface area contributed by atoms with Gasteiger partial charge in [-0.2, -0.15) is 0 Å². The summed E-state index contributed by atoms with van der Waals surface area (Å²) in [6, 6.07) is 0.0616. The molecule has 0 unspecified atom stereocenters. The summed E-state index contributed by atoms with van der Waals surface area (Å²) in [6.45, 7) is 5.39. The molecule has 1 aromatic rings. The van der Waals surface area contributed by atoms with E-state index in [1.807, 2.05) is 47.6 Å². The topological polar surface area (TPSA) is 70.9 Å². The standard InChI is InChI=1S/C24H33N4O4S2/c1-4-31-24(30)27-12-10-18(11-13-27)28-19(8-9-22-26(3)15-17-34-22)23(29)32-20(28)6-5-7-21-25(2)14-16-33-21/h5-9,18H,4,10-17H2,1-3H3/q+1. The van der Waals surface area contributed by atoms with E-state index in [1.165, 1.54) is 5.04 Å². The van der Waals surface area contributed by atoms with Crippen molar-refractivity contribution in [3.05, 3.63) is 44.6 Å². The zero-order valence-electron chi connectivity index (χ0n) is 20.1. The molecule has 4 heterocycles. The number of rotatable bonds is 5. The highest BCUT2D eigenvalue weighted by Crippen LogP contribution is 2.25. The van der Waals surface area contributed by atoms with Gasteiger partial charge in [-0.15, -0.1) is 11.8 Å². The third-order valence-corrected chi connectivity index (χ3v) is 8.49. The minimum absolute atomic E-state index is 0.0616. The molecule has 3 aliphatic rings. The molecule has 0 aromatic carbocycles. The predicted molar refractivity (Wildman–Crippen MR) is 139 cm³/mol. The molecule has 1 aromatic heterocycles. The molecule has 4 rings (SSSR count). The van der Waals surface area contributed by atoms with Crippen LogP contribution in [0.4, 0.5) is 4.79 Å². The monoisotopic (exact) mass is 505 g/mol. The number of nitrogens with zero attached hydrogens (tertiary/aromatic N) is 4. The van der Waals surface area contributed by atoms with Gasteiger partial charge in [0, 0.05) is 44.6 Å². The molecule has 34 heavy (non-hydrogen) atoms. The maximum Gasteiger partial charge on any atom is 0.409 e. The van der Waals surface area contributed by atoms with Gasteiger partial charge in [-0.25, -0.2) is 14.2 Å². The average Bonchev–Trinajstić information content (AvgIpc) is 3.51. The van der Waals surface area contributed by atoms with Gasteiger partial charge in [-0.1, -0.05) is 11.8 Å². The Labute approximate surface area is 208 Å². The van der Waals surface area contributed by atoms with E-state index in [2.05, 4.69) is 29.6 Å². The summed E-state index contributed by atoms with van der Waals surface area (Å²) in [6.07, 6.45) is 11.0. The van der Waals surface area contributed by atoms with Crippen LogP contribution in [0.5, 0.6) is 0 Å². The lowest BCUT2D eigenvalue weighted by Crippen LogP contribution is -2.43. The van der Waals surface area contributed by atoms with E-state index in [1.54, 1.807) is 16.7 Å². The Morgan fingerprint density at radius 2 is 1.97 bits per heavy atom. The molecule has 0 aliphatic carbocycles. The fourth-order valence-corrected chi connectivity index (χ4v) is 6.41. The van der Waals surface area contributed by atoms with E-state index in [-0.39, 0.29) is 17.8 Å². The summed E-state index contributed by atoms with van der Waals surface area (Å²) < 4.78 is 15.1. The second-order valence-corrected chi connectivity index (χ2v) is 10.7. The Kier molecular flexibility index (Phi) is 8.31. The van der Waals surface area contributed by atoms with Gasteiger partial charge in [0.05, 0.1) is 17.4 Å². The van der Waals surface area contributed by atoms with Crippen LogP contribution in [0.1, 0.15) is 25.8 Å². The Hall–Kier alpha value is -2.33. The number of hydrogen-bond acceptors (Lipinski definition) is 7. The second-order valence-electron chi connectivity index (χ2n) is 8.48. The molecule has 10 heteroatoms. The van der Waals surface area contributed by atoms with E-state index < -0.39 is 0 Å². The van der Waals surface area contributed by atoms with Crippen LogP contribution >= 0.6 is 23.5 Å². The lowest BCUT2D eigenvalue weighted by atomic mass is 10.1. The second kappa shape index (κ2) is 11.4. The number of amides is 1. The van der Waals surface area contributed by atoms with Crippen molar-refractivity contribution in [2.75, 3.05) is 58.4 Å². The first-order valence-electron chi connectivity index (χ1n) is 11.8. The third kappa shape index (κ3) is 5.66. The van der Waals surface area contributed by atoms with Gasteiger partial charge >= 0.3 is 11.7 Å². The lowest BCUT2D eigenvalue weighted by Gasteiger charge is -2.31. The molecule has 2 saturated heterocycles. The molecule has 0 saturated carbocycles. The van der Waals surface area contributed by atoms with E-state index in [0.29, 0.717) is 30.6 Å². The number of likely N-dealkylation sites (tertiary alicyclic amines) is 1. The highest BCUT2D eigenvalue weighted by atomic mass is 32.2. The summed E-state index contributed by atoms with van der Waals surface area (Å²) in [5.74, 6) is 2.13. The minimum atomic E-state index is -0.338. The predicted octanol–water partition coefficient (Wildman–Crippen LogP) is 1.66. The molecular weight excluding hydrogens is 472 g/mol. The molecule has 0 bridgehead atoms. The Morgan fingerprint density at radius 3 is 2.62 bits per heavy atom. The molecule has 8 nitrogen and oxygen atoms in total. The molecule has 0 spiro atoms. The van der Waals surface area contributed by atoms with Gasteiger partial charge in [-0.3, -0.25) is 0 Å². The van der Waals surface area contributed by atoms with E-state index in [9.17, 15) is 9.59 Å². The van der Waals surface area contributed by atoms with Crippen LogP contribution < -0.4 is 16.5 Å². The number of aromatic nitrogens is 1. The number of carbonyl (C=O) groups excluding carboxylic acids is 1. The van der Waals surface area contributed by atoms with E-state index in [0.717, 1.165) is 42.5 Å². The van der Waals surface area contributed by atoms with Crippen molar-refractivity contribution in [3.63, 3.8) is 0 Å². The van der Waals surface area contributed by atoms with Gasteiger partial charge in [0.1, 0.15) is 12.4 Å². The first-order chi connectivity index (χ1) is 16.5. The van der Waals surface area contributed by atoms with Crippen LogP contribution in [-0.4, -0.2) is 88.5 Å². The Balaban J connectivity index is 1.68. The fourth-order valence-electron chi connectivity index (χ4n) is 4.30. The summed E-state index contributed by atoms with van der Waals surface area (Å²) in [7, 11) is 4.14. The zero-order valence-corrected chi connectivity index (χ0v) is 21.7. The Morgan fingerprint density at radius 1 is 1.18 bits per heavy atom. The molecule has 0 atom stereocenters. The smallest absolute Gasteiger partial charge is 0.409 e. The maximum atomic E-state index is 12.9. The molecule has 0 radical (unpaired) electrons. The van der Waals surface area contributed by atoms with Crippen molar-refractivity contribution >= 4 is 46.8 Å². The van der Waals surface area contributed by atoms with Crippen molar-refractivity contribution < 1.29 is 18.5 Å². The molecular formula is C24H33N4O4S2+. The van der Waals surface area contributed by atoms with Crippen LogP contribution in [-0.2, 0) is 4.74 Å². The summed E-state index contributed by atoms with van der Waals surface area (Å²) in [5, 5.41) is 2.90. The highest BCUT2D eigenvalue weighted by molar-refractivity contribution is 8.14. The number of oxazole rings is 1. The first kappa shape index (κ1) is 24.8. The molecule has 2 fully saturated rings. The van der Waals surface area contributed by atoms with E-state index >= 15 is 0 Å². The van der Waals surface area contributed by atoms with Crippen molar-refractivity contribution in [1.29, 1.82) is 0 Å². The van der Waals surface area contributed by atoms with Gasteiger partial charge in [0.2, 0.25) is 10.6 Å². The van der Waals surface area contributed by atoms with Crippen molar-refractivity contribution in [2.24, 2.45) is 0 Å². The largest absolute Gasteiger partial charge is 0.450 e. The van der Waals surface area contributed by atoms with Crippen molar-refractivity contribution in [1.82, 2.24) is 14.4 Å². The van der Waals surface area contributed by atoms with Crippen molar-refractivity contribution in [3.8, 4) is 0 Å². The van der Waals surface area contributed by atoms with Gasteiger partial charge in [0.25, 0.3) is 0 Å². The third-order valence-electron chi connectivity index (χ3n) is 6.23. The quantitative estimate of drug-likeness (QED) is 0.564. The number of thioether (sulfide) groups is 2. The number of piperidine rings is 1. The highest BCUT2D eigenvalue weighted by Gasteiger charge is 2.26. The van der Waals surface area contributed by atoms with Crippen LogP contribution in [0.25, 0.3) is 12.2 Å². The summed E-state index contributed by atoms with van der Waals surface area (Å²) in [5.41, 5.74) is 0.203. The number of allylic oxidation sites excluding steroid dienone is 2. The Bertz CT molecular complexity index is 1170. The van der Waals surface area contributed by atoms with Gasteiger partial charge < -0.3 is 23.5 Å². The maximum absolute atomic E-state index is 12.9. The molecule has 0 N–H and O–H groups in total. The van der Waals surface area contributed by atoms with Crippen LogP contribution in [0.15, 0.2) is 32.5 Å². The lowest BCUT2D eigenvalue weighted by molar-refractivity contribution is -0.485. The van der Waals surface area contributed by atoms with Crippen LogP contribution in [0, 0.1) is 0 Å². The number of ether oxygens (including phenoxy) is 1.